The van der Waals surface area contributed by atoms with Crippen LogP contribution < -0.4 is 5.73 Å². The van der Waals surface area contributed by atoms with Crippen LogP contribution in [0.3, 0.4) is 0 Å². The third kappa shape index (κ3) is 3.44. The number of rotatable bonds is 5. The van der Waals surface area contributed by atoms with Gasteiger partial charge < -0.3 is 5.73 Å². The van der Waals surface area contributed by atoms with Crippen molar-refractivity contribution in [2.45, 2.75) is 31.5 Å². The van der Waals surface area contributed by atoms with Gasteiger partial charge in [-0.1, -0.05) is 23.4 Å². The molecule has 3 heterocycles. The second-order valence-electron chi connectivity index (χ2n) is 6.99. The fraction of sp³-hybridized carbons (Fsp3) is 0.294. The molecule has 4 radical (unpaired) electrons. The van der Waals surface area contributed by atoms with Gasteiger partial charge in [-0.05, 0) is 30.2 Å². The molecule has 2 N–H and O–H groups in total. The minimum Gasteiger partial charge on any atom is -0.367 e. The summed E-state index contributed by atoms with van der Waals surface area (Å²) in [6.07, 6.45) is -0.512. The smallest absolute Gasteiger partial charge is 0.258 e. The molecule has 0 aliphatic heterocycles. The van der Waals surface area contributed by atoms with E-state index in [-0.39, 0.29) is 12.4 Å². The summed E-state index contributed by atoms with van der Waals surface area (Å²) in [6, 6.07) is 7.18. The molecular weight excluding hydrogens is 362 g/mol. The van der Waals surface area contributed by atoms with E-state index in [2.05, 4.69) is 20.4 Å². The molecule has 0 amide bonds. The number of hydrogen-bond donors (Lipinski definition) is 1. The topological polar surface area (TPSA) is 86.9 Å². The van der Waals surface area contributed by atoms with Crippen LogP contribution in [0, 0.1) is 0 Å². The first-order chi connectivity index (χ1) is 13.2. The van der Waals surface area contributed by atoms with Crippen molar-refractivity contribution in [2.75, 3.05) is 5.73 Å². The summed E-state index contributed by atoms with van der Waals surface area (Å²) in [5.41, 5.74) is 9.71. The maximum Gasteiger partial charge on any atom is 0.258 e. The van der Waals surface area contributed by atoms with Gasteiger partial charge in [-0.15, -0.1) is 10.2 Å². The molecule has 138 valence electrons. The third-order valence-corrected chi connectivity index (χ3v) is 4.28. The van der Waals surface area contributed by atoms with Crippen molar-refractivity contribution in [3.63, 3.8) is 0 Å². The molecule has 7 nitrogen and oxygen atoms in total. The van der Waals surface area contributed by atoms with Gasteiger partial charge in [-0.3, -0.25) is 0 Å². The highest BCUT2D eigenvalue weighted by molar-refractivity contribution is 6.39. The lowest BCUT2D eigenvalue weighted by atomic mass is 9.54. The van der Waals surface area contributed by atoms with Gasteiger partial charge in [0.2, 0.25) is 5.95 Å². The lowest BCUT2D eigenvalue weighted by Gasteiger charge is -2.19. The van der Waals surface area contributed by atoms with Gasteiger partial charge in [-0.2, -0.15) is 0 Å². The van der Waals surface area contributed by atoms with Crippen molar-refractivity contribution in [3.05, 3.63) is 36.2 Å². The average molecular weight is 377 g/mol. The zero-order valence-electron chi connectivity index (χ0n) is 15.0. The number of nitrogens with zero attached hydrogens (tertiary/aromatic N) is 6. The zero-order chi connectivity index (χ0) is 20.1. The van der Waals surface area contributed by atoms with Gasteiger partial charge in [0.1, 0.15) is 12.1 Å². The number of benzene rings is 1. The molecule has 0 atom stereocenters. The number of hydrogen-bond acceptors (Lipinski definition) is 5. The highest BCUT2D eigenvalue weighted by atomic mass is 19.3. The summed E-state index contributed by atoms with van der Waals surface area (Å²) >= 11 is 0. The van der Waals surface area contributed by atoms with Crippen molar-refractivity contribution < 1.29 is 8.78 Å². The highest BCUT2D eigenvalue weighted by Crippen LogP contribution is 2.32. The molecule has 0 saturated carbocycles. The molecule has 4 aromatic rings. The van der Waals surface area contributed by atoms with Crippen LogP contribution in [0.25, 0.3) is 27.7 Å². The van der Waals surface area contributed by atoms with Crippen LogP contribution in [-0.4, -0.2) is 51.7 Å². The monoisotopic (exact) mass is 377 g/mol. The van der Waals surface area contributed by atoms with Crippen LogP contribution in [0.1, 0.15) is 12.6 Å². The Hall–Kier alpha value is -2.97. The molecule has 4 rings (SSSR count). The minimum absolute atomic E-state index is 0.101. The van der Waals surface area contributed by atoms with E-state index in [1.807, 2.05) is 12.1 Å². The molecule has 11 heteroatoms. The molecule has 28 heavy (non-hydrogen) atoms. The van der Waals surface area contributed by atoms with E-state index < -0.39 is 18.2 Å². The number of aromatic nitrogens is 6. The van der Waals surface area contributed by atoms with E-state index in [1.165, 1.54) is 4.68 Å². The van der Waals surface area contributed by atoms with E-state index in [0.717, 1.165) is 11.1 Å². The number of fused-ring (bicyclic) bond motifs is 2. The van der Waals surface area contributed by atoms with Crippen molar-refractivity contribution >= 4 is 38.2 Å². The lowest BCUT2D eigenvalue weighted by molar-refractivity contribution is 0.122. The number of nitrogens with two attached hydrogens (primary N) is 1. The molecule has 0 saturated heterocycles. The van der Waals surface area contributed by atoms with E-state index in [4.69, 9.17) is 21.4 Å². The van der Waals surface area contributed by atoms with Crippen molar-refractivity contribution in [1.82, 2.24) is 29.6 Å². The van der Waals surface area contributed by atoms with E-state index in [9.17, 15) is 8.78 Å². The highest BCUT2D eigenvalue weighted by Gasteiger charge is 2.19. The zero-order valence-corrected chi connectivity index (χ0v) is 15.0. The summed E-state index contributed by atoms with van der Waals surface area (Å²) in [5.74, 6) is 0.101. The molecule has 1 aromatic carbocycles. The summed E-state index contributed by atoms with van der Waals surface area (Å²) in [6.45, 7) is 1.16. The fourth-order valence-corrected chi connectivity index (χ4v) is 3.23. The molecule has 0 fully saturated rings. The predicted molar refractivity (Wildman–Crippen MR) is 104 cm³/mol. The fourth-order valence-electron chi connectivity index (χ4n) is 3.23. The summed E-state index contributed by atoms with van der Waals surface area (Å²) in [4.78, 5) is 4.31. The molecular formula is C17H15B2F2N7. The largest absolute Gasteiger partial charge is 0.367 e. The van der Waals surface area contributed by atoms with Gasteiger partial charge in [0.05, 0.1) is 32.4 Å². The van der Waals surface area contributed by atoms with Gasteiger partial charge in [0.25, 0.3) is 6.43 Å². The molecule has 0 aliphatic rings. The van der Waals surface area contributed by atoms with Crippen molar-refractivity contribution in [1.29, 1.82) is 0 Å². The Morgan fingerprint density at radius 2 is 2.04 bits per heavy atom. The first-order valence-corrected chi connectivity index (χ1v) is 8.54. The number of alkyl halides is 2. The molecule has 0 spiro atoms. The Balaban J connectivity index is 1.89. The number of nitrogen functional groups attached to an aromatic ring is 1. The SMILES string of the molecule is [B]C([B])(C)Cc1nc(N)nn2ccc(-c3ccc4nnn(CC(F)F)c4c3)c12. The van der Waals surface area contributed by atoms with Gasteiger partial charge in [-0.25, -0.2) is 23.0 Å². The second kappa shape index (κ2) is 6.57. The first kappa shape index (κ1) is 18.4. The minimum atomic E-state index is -2.53. The van der Waals surface area contributed by atoms with Crippen LogP contribution in [-0.2, 0) is 13.0 Å². The molecule has 0 aliphatic carbocycles. The van der Waals surface area contributed by atoms with Crippen molar-refractivity contribution in [3.8, 4) is 11.1 Å². The quantitative estimate of drug-likeness (QED) is 0.538. The molecule has 3 aromatic heterocycles. The van der Waals surface area contributed by atoms with Crippen molar-refractivity contribution in [2.24, 2.45) is 0 Å². The third-order valence-electron chi connectivity index (χ3n) is 4.28. The van der Waals surface area contributed by atoms with Gasteiger partial charge in [0, 0.05) is 11.8 Å². The Labute approximate surface area is 161 Å². The molecule has 0 unspecified atom stereocenters. The Morgan fingerprint density at radius 3 is 2.75 bits per heavy atom. The molecule has 0 bridgehead atoms. The lowest BCUT2D eigenvalue weighted by Crippen LogP contribution is -2.15. The second-order valence-corrected chi connectivity index (χ2v) is 6.99. The maximum atomic E-state index is 12.8. The predicted octanol–water partition coefficient (Wildman–Crippen LogP) is 2.00. The normalized spacial score (nSPS) is 12.4. The van der Waals surface area contributed by atoms with E-state index >= 15 is 0 Å². The van der Waals surface area contributed by atoms with Crippen LogP contribution in [0.2, 0.25) is 5.21 Å². The average Bonchev–Trinajstić information content (AvgIpc) is 3.17. The van der Waals surface area contributed by atoms with E-state index in [1.54, 1.807) is 29.8 Å². The van der Waals surface area contributed by atoms with E-state index in [0.29, 0.717) is 22.2 Å². The standard InChI is InChI=1S/C17H15B2F2N7/c1-17(18,19)7-12-15-10(4-5-27(15)25-16(22)23-12)9-2-3-11-13(6-9)28(26-24-11)8-14(20)21/h2-6,14H,7-8H2,1H3,(H2,22,25). The van der Waals surface area contributed by atoms with Gasteiger partial charge >= 0.3 is 0 Å². The van der Waals surface area contributed by atoms with Gasteiger partial charge in [0.15, 0.2) is 0 Å². The summed E-state index contributed by atoms with van der Waals surface area (Å²) < 4.78 is 28.4. The van der Waals surface area contributed by atoms with Crippen LogP contribution in [0.4, 0.5) is 14.7 Å². The number of halogens is 2. The van der Waals surface area contributed by atoms with Crippen LogP contribution in [0.5, 0.6) is 0 Å². The Kier molecular flexibility index (Phi) is 4.32. The van der Waals surface area contributed by atoms with Crippen LogP contribution in [0.15, 0.2) is 30.5 Å². The first-order valence-electron chi connectivity index (χ1n) is 8.54. The van der Waals surface area contributed by atoms with Crippen LogP contribution >= 0.6 is 0 Å². The summed E-state index contributed by atoms with van der Waals surface area (Å²) in [5, 5.41) is 10.9. The Morgan fingerprint density at radius 1 is 1.25 bits per heavy atom. The summed E-state index contributed by atoms with van der Waals surface area (Å²) in [7, 11) is 11.9. The number of anilines is 1. The maximum absolute atomic E-state index is 12.8. The Bertz CT molecular complexity index is 1160.